The number of aliphatic hydroxyl groups is 6. The number of ether oxygens (including phenoxy) is 1. The first-order valence-corrected chi connectivity index (χ1v) is 11.3. The number of carbonyl (C=O) groups is 1. The third-order valence-electron chi connectivity index (χ3n) is 9.49. The van der Waals surface area contributed by atoms with Crippen LogP contribution in [0.4, 0.5) is 0 Å². The minimum atomic E-state index is -1.54. The Kier molecular flexibility index (Phi) is 5.32. The quantitative estimate of drug-likeness (QED) is 0.336. The van der Waals surface area contributed by atoms with E-state index in [1.54, 1.807) is 6.92 Å². The monoisotopic (exact) mass is 428 g/mol. The van der Waals surface area contributed by atoms with E-state index in [1.165, 1.54) is 0 Å². The van der Waals surface area contributed by atoms with Gasteiger partial charge in [-0.05, 0) is 44.9 Å². The number of carbonyl (C=O) groups excluding carboxylic acids is 1. The number of fused-ring (bicyclic) bond motifs is 5. The highest BCUT2D eigenvalue weighted by Gasteiger charge is 2.75. The normalized spacial score (nSPS) is 55.3. The maximum atomic E-state index is 12.6. The molecule has 10 atom stereocenters. The zero-order chi connectivity index (χ0) is 22.1. The molecule has 4 aliphatic rings. The minimum absolute atomic E-state index is 0.0000423. The van der Waals surface area contributed by atoms with Crippen LogP contribution in [0, 0.1) is 28.6 Å². The van der Waals surface area contributed by atoms with Crippen LogP contribution in [-0.2, 0) is 9.53 Å². The molecule has 4 rings (SSSR count). The molecule has 172 valence electrons. The maximum Gasteiger partial charge on any atom is 0.309 e. The molecule has 0 aliphatic heterocycles. The van der Waals surface area contributed by atoms with Crippen LogP contribution in [0.15, 0.2) is 0 Å². The summed E-state index contributed by atoms with van der Waals surface area (Å²) >= 11 is 0. The van der Waals surface area contributed by atoms with Crippen LogP contribution in [0.3, 0.4) is 0 Å². The highest BCUT2D eigenvalue weighted by Crippen LogP contribution is 2.69. The second kappa shape index (κ2) is 7.12. The largest absolute Gasteiger partial charge is 0.466 e. The van der Waals surface area contributed by atoms with Gasteiger partial charge in [0.1, 0.15) is 0 Å². The van der Waals surface area contributed by atoms with Gasteiger partial charge in [-0.3, -0.25) is 4.79 Å². The van der Waals surface area contributed by atoms with E-state index in [9.17, 15) is 35.4 Å². The van der Waals surface area contributed by atoms with Crippen molar-refractivity contribution < 1.29 is 40.2 Å². The van der Waals surface area contributed by atoms with Gasteiger partial charge in [0.15, 0.2) is 0 Å². The van der Waals surface area contributed by atoms with Gasteiger partial charge in [0.05, 0.1) is 54.1 Å². The van der Waals surface area contributed by atoms with Gasteiger partial charge in [0.2, 0.25) is 0 Å². The van der Waals surface area contributed by atoms with Gasteiger partial charge in [0, 0.05) is 24.2 Å². The SMILES string of the molecule is CCOC(=O)[C@@H]1CC[C@]2(O)[C@H]3CC[C@@]4(O)C[C@@H](O)C[C@H](O)[C@]4(CO)[C@@H]3[C@@H](O)C[C@]12C. The molecule has 8 nitrogen and oxygen atoms in total. The summed E-state index contributed by atoms with van der Waals surface area (Å²) in [4.78, 5) is 12.6. The molecule has 0 radical (unpaired) electrons. The summed E-state index contributed by atoms with van der Waals surface area (Å²) < 4.78 is 5.25. The number of aliphatic hydroxyl groups excluding tert-OH is 4. The van der Waals surface area contributed by atoms with Crippen molar-refractivity contribution in [2.75, 3.05) is 13.2 Å². The topological polar surface area (TPSA) is 148 Å². The average Bonchev–Trinajstić information content (AvgIpc) is 2.92. The summed E-state index contributed by atoms with van der Waals surface area (Å²) in [7, 11) is 0. The summed E-state index contributed by atoms with van der Waals surface area (Å²) in [6.07, 6.45) is -1.64. The fourth-order valence-corrected chi connectivity index (χ4v) is 8.13. The van der Waals surface area contributed by atoms with Crippen LogP contribution in [-0.4, -0.2) is 79.3 Å². The zero-order valence-electron chi connectivity index (χ0n) is 17.8. The molecule has 8 heteroatoms. The number of esters is 1. The van der Waals surface area contributed by atoms with Crippen LogP contribution in [0.25, 0.3) is 0 Å². The Bertz CT molecular complexity index is 701. The Labute approximate surface area is 176 Å². The third kappa shape index (κ3) is 2.58. The van der Waals surface area contributed by atoms with Crippen molar-refractivity contribution >= 4 is 5.97 Å². The molecule has 0 aromatic heterocycles. The molecule has 0 heterocycles. The van der Waals surface area contributed by atoms with E-state index in [2.05, 4.69) is 0 Å². The predicted octanol–water partition coefficient (Wildman–Crippen LogP) is -0.287. The van der Waals surface area contributed by atoms with Crippen molar-refractivity contribution in [3.05, 3.63) is 0 Å². The fourth-order valence-electron chi connectivity index (χ4n) is 8.13. The molecule has 0 saturated heterocycles. The molecule has 6 N–H and O–H groups in total. The first-order chi connectivity index (χ1) is 14.0. The molecule has 4 fully saturated rings. The Morgan fingerprint density at radius 3 is 2.43 bits per heavy atom. The highest BCUT2D eigenvalue weighted by molar-refractivity contribution is 5.74. The average molecular weight is 429 g/mol. The van der Waals surface area contributed by atoms with Crippen LogP contribution < -0.4 is 0 Å². The summed E-state index contributed by atoms with van der Waals surface area (Å²) in [6, 6.07) is 0. The molecule has 0 bridgehead atoms. The van der Waals surface area contributed by atoms with E-state index in [1.807, 2.05) is 6.92 Å². The molecule has 4 saturated carbocycles. The second-order valence-corrected chi connectivity index (χ2v) is 10.5. The second-order valence-electron chi connectivity index (χ2n) is 10.5. The van der Waals surface area contributed by atoms with Crippen molar-refractivity contribution in [1.82, 2.24) is 0 Å². The Morgan fingerprint density at radius 1 is 1.10 bits per heavy atom. The van der Waals surface area contributed by atoms with Crippen molar-refractivity contribution in [2.24, 2.45) is 28.6 Å². The van der Waals surface area contributed by atoms with Crippen LogP contribution in [0.2, 0.25) is 0 Å². The zero-order valence-corrected chi connectivity index (χ0v) is 17.8. The molecule has 0 aromatic rings. The summed E-state index contributed by atoms with van der Waals surface area (Å²) in [6.45, 7) is 3.25. The lowest BCUT2D eigenvalue weighted by molar-refractivity contribution is -0.317. The van der Waals surface area contributed by atoms with Crippen LogP contribution in [0.1, 0.15) is 58.8 Å². The van der Waals surface area contributed by atoms with E-state index in [-0.39, 0.29) is 38.3 Å². The molecular formula is C22H36O8. The summed E-state index contributed by atoms with van der Waals surface area (Å²) in [5.74, 6) is -2.15. The molecule has 30 heavy (non-hydrogen) atoms. The van der Waals surface area contributed by atoms with Crippen molar-refractivity contribution in [3.8, 4) is 0 Å². The fraction of sp³-hybridized carbons (Fsp3) is 0.955. The van der Waals surface area contributed by atoms with E-state index in [4.69, 9.17) is 4.74 Å². The molecule has 0 unspecified atom stereocenters. The first kappa shape index (κ1) is 22.4. The van der Waals surface area contributed by atoms with Gasteiger partial charge in [-0.15, -0.1) is 0 Å². The number of hydrogen-bond acceptors (Lipinski definition) is 8. The van der Waals surface area contributed by atoms with Gasteiger partial charge in [-0.25, -0.2) is 0 Å². The highest BCUT2D eigenvalue weighted by atomic mass is 16.5. The number of rotatable bonds is 3. The third-order valence-corrected chi connectivity index (χ3v) is 9.49. The van der Waals surface area contributed by atoms with Crippen LogP contribution >= 0.6 is 0 Å². The summed E-state index contributed by atoms with van der Waals surface area (Å²) in [5.41, 5.74) is -5.16. The van der Waals surface area contributed by atoms with Gasteiger partial charge in [-0.1, -0.05) is 6.92 Å². The Morgan fingerprint density at radius 2 is 1.80 bits per heavy atom. The molecule has 0 spiro atoms. The Hall–Kier alpha value is -0.770. The predicted molar refractivity (Wildman–Crippen MR) is 105 cm³/mol. The lowest BCUT2D eigenvalue weighted by Crippen LogP contribution is -2.75. The smallest absolute Gasteiger partial charge is 0.309 e. The maximum absolute atomic E-state index is 12.6. The first-order valence-electron chi connectivity index (χ1n) is 11.3. The Balaban J connectivity index is 1.78. The standard InChI is InChI=1S/C22H36O8/c1-3-30-18(27)14-5-7-22(29)13-4-6-20(28)9-12(24)8-16(26)21(20,11-23)17(13)15(25)10-19(14,22)2/h12-17,23-26,28-29H,3-11H2,1-2H3/t12-,13-,14-,15-,16-,17-,19+,20+,21+,22-/m0/s1. The molecular weight excluding hydrogens is 392 g/mol. The minimum Gasteiger partial charge on any atom is -0.466 e. The molecule has 0 amide bonds. The van der Waals surface area contributed by atoms with E-state index in [0.717, 1.165) is 0 Å². The summed E-state index contributed by atoms with van der Waals surface area (Å²) in [5, 5.41) is 66.5. The van der Waals surface area contributed by atoms with Gasteiger partial charge >= 0.3 is 5.97 Å². The lowest BCUT2D eigenvalue weighted by atomic mass is 9.40. The van der Waals surface area contributed by atoms with Gasteiger partial charge in [-0.2, -0.15) is 0 Å². The van der Waals surface area contributed by atoms with Gasteiger partial charge in [0.25, 0.3) is 0 Å². The van der Waals surface area contributed by atoms with E-state index < -0.39 is 64.7 Å². The number of hydrogen-bond donors (Lipinski definition) is 6. The molecule has 0 aromatic carbocycles. The van der Waals surface area contributed by atoms with Crippen molar-refractivity contribution in [1.29, 1.82) is 0 Å². The van der Waals surface area contributed by atoms with Crippen molar-refractivity contribution in [3.63, 3.8) is 0 Å². The van der Waals surface area contributed by atoms with E-state index in [0.29, 0.717) is 19.3 Å². The molecule has 4 aliphatic carbocycles. The van der Waals surface area contributed by atoms with Crippen LogP contribution in [0.5, 0.6) is 0 Å². The van der Waals surface area contributed by atoms with Crippen molar-refractivity contribution in [2.45, 2.75) is 88.3 Å². The van der Waals surface area contributed by atoms with Gasteiger partial charge < -0.3 is 35.4 Å². The lowest BCUT2D eigenvalue weighted by Gasteiger charge is -2.68. The van der Waals surface area contributed by atoms with E-state index >= 15 is 0 Å².